The molecule has 0 heterocycles. The highest BCUT2D eigenvalue weighted by Gasteiger charge is 2.11. The van der Waals surface area contributed by atoms with Gasteiger partial charge in [-0.3, -0.25) is 0 Å². The first kappa shape index (κ1) is 11.9. The SMILES string of the molecule is CN(c1ccccc1F)c1ccc(N)cc1Br. The Morgan fingerprint density at radius 2 is 1.82 bits per heavy atom. The lowest BCUT2D eigenvalue weighted by molar-refractivity contribution is 0.627. The molecule has 0 aromatic heterocycles. The first-order valence-corrected chi connectivity index (χ1v) is 5.92. The molecule has 0 saturated carbocycles. The van der Waals surface area contributed by atoms with Crippen LogP contribution in [0, 0.1) is 5.82 Å². The third-order valence-corrected chi connectivity index (χ3v) is 3.18. The molecule has 2 aromatic carbocycles. The highest BCUT2D eigenvalue weighted by Crippen LogP contribution is 2.33. The highest BCUT2D eigenvalue weighted by molar-refractivity contribution is 9.10. The van der Waals surface area contributed by atoms with Crippen molar-refractivity contribution in [2.75, 3.05) is 17.7 Å². The average Bonchev–Trinajstić information content (AvgIpc) is 2.29. The summed E-state index contributed by atoms with van der Waals surface area (Å²) in [6.45, 7) is 0. The Morgan fingerprint density at radius 3 is 2.47 bits per heavy atom. The highest BCUT2D eigenvalue weighted by atomic mass is 79.9. The number of anilines is 3. The van der Waals surface area contributed by atoms with Gasteiger partial charge in [-0.05, 0) is 46.3 Å². The molecule has 88 valence electrons. The molecule has 17 heavy (non-hydrogen) atoms. The molecular formula is C13H12BrFN2. The van der Waals surface area contributed by atoms with Crippen LogP contribution in [-0.4, -0.2) is 7.05 Å². The molecule has 2 aromatic rings. The van der Waals surface area contributed by atoms with Gasteiger partial charge in [0, 0.05) is 17.2 Å². The van der Waals surface area contributed by atoms with Crippen molar-refractivity contribution in [3.63, 3.8) is 0 Å². The van der Waals surface area contributed by atoms with E-state index in [2.05, 4.69) is 15.9 Å². The van der Waals surface area contributed by atoms with E-state index in [-0.39, 0.29) is 5.82 Å². The number of nitrogens with two attached hydrogens (primary N) is 1. The number of benzene rings is 2. The Labute approximate surface area is 108 Å². The predicted octanol–water partition coefficient (Wildman–Crippen LogP) is 3.94. The standard InChI is InChI=1S/C13H12BrFN2/c1-17(13-5-3-2-4-11(13)15)12-7-6-9(16)8-10(12)14/h2-8H,16H2,1H3. The van der Waals surface area contributed by atoms with Crippen molar-refractivity contribution in [1.29, 1.82) is 0 Å². The van der Waals surface area contributed by atoms with Crippen LogP contribution in [0.25, 0.3) is 0 Å². The van der Waals surface area contributed by atoms with Crippen LogP contribution in [0.5, 0.6) is 0 Å². The van der Waals surface area contributed by atoms with Gasteiger partial charge in [0.1, 0.15) is 5.82 Å². The fourth-order valence-corrected chi connectivity index (χ4v) is 2.31. The Balaban J connectivity index is 2.44. The third-order valence-electron chi connectivity index (χ3n) is 2.55. The fraction of sp³-hybridized carbons (Fsp3) is 0.0769. The van der Waals surface area contributed by atoms with Gasteiger partial charge in [-0.1, -0.05) is 12.1 Å². The first-order chi connectivity index (χ1) is 8.09. The summed E-state index contributed by atoms with van der Waals surface area (Å²) in [4.78, 5) is 1.78. The molecule has 2 N–H and O–H groups in total. The van der Waals surface area contributed by atoms with Crippen LogP contribution in [-0.2, 0) is 0 Å². The summed E-state index contributed by atoms with van der Waals surface area (Å²) in [5.74, 6) is -0.251. The van der Waals surface area contributed by atoms with Gasteiger partial charge < -0.3 is 10.6 Å². The quantitative estimate of drug-likeness (QED) is 0.850. The Bertz CT molecular complexity index is 543. The monoisotopic (exact) mass is 294 g/mol. The summed E-state index contributed by atoms with van der Waals surface area (Å²) >= 11 is 3.43. The average molecular weight is 295 g/mol. The Kier molecular flexibility index (Phi) is 3.33. The molecule has 0 aliphatic heterocycles. The van der Waals surface area contributed by atoms with Crippen LogP contribution in [0.3, 0.4) is 0 Å². The number of nitrogen functional groups attached to an aromatic ring is 1. The number of hydrogen-bond acceptors (Lipinski definition) is 2. The van der Waals surface area contributed by atoms with Gasteiger partial charge in [0.2, 0.25) is 0 Å². The second-order valence-electron chi connectivity index (χ2n) is 3.72. The van der Waals surface area contributed by atoms with Crippen molar-refractivity contribution in [3.8, 4) is 0 Å². The lowest BCUT2D eigenvalue weighted by Crippen LogP contribution is -2.11. The van der Waals surface area contributed by atoms with Gasteiger partial charge in [-0.25, -0.2) is 4.39 Å². The van der Waals surface area contributed by atoms with E-state index in [4.69, 9.17) is 5.73 Å². The van der Waals surface area contributed by atoms with E-state index in [0.717, 1.165) is 10.2 Å². The smallest absolute Gasteiger partial charge is 0.146 e. The van der Waals surface area contributed by atoms with E-state index < -0.39 is 0 Å². The molecule has 2 nitrogen and oxygen atoms in total. The van der Waals surface area contributed by atoms with E-state index >= 15 is 0 Å². The second-order valence-corrected chi connectivity index (χ2v) is 4.58. The molecule has 0 spiro atoms. The maximum atomic E-state index is 13.7. The van der Waals surface area contributed by atoms with Gasteiger partial charge in [0.25, 0.3) is 0 Å². The summed E-state index contributed by atoms with van der Waals surface area (Å²) in [6, 6.07) is 12.1. The molecule has 0 radical (unpaired) electrons. The van der Waals surface area contributed by atoms with E-state index in [9.17, 15) is 4.39 Å². The van der Waals surface area contributed by atoms with Gasteiger partial charge >= 0.3 is 0 Å². The van der Waals surface area contributed by atoms with Crippen molar-refractivity contribution >= 4 is 33.0 Å². The predicted molar refractivity (Wildman–Crippen MR) is 73.0 cm³/mol. The maximum Gasteiger partial charge on any atom is 0.146 e. The van der Waals surface area contributed by atoms with Crippen LogP contribution < -0.4 is 10.6 Å². The number of halogens is 2. The molecule has 0 atom stereocenters. The molecule has 0 amide bonds. The van der Waals surface area contributed by atoms with E-state index in [0.29, 0.717) is 11.4 Å². The van der Waals surface area contributed by atoms with Gasteiger partial charge in [-0.15, -0.1) is 0 Å². The number of rotatable bonds is 2. The number of hydrogen-bond donors (Lipinski definition) is 1. The molecule has 0 saturated heterocycles. The fourth-order valence-electron chi connectivity index (χ4n) is 1.65. The molecule has 4 heteroatoms. The van der Waals surface area contributed by atoms with Crippen molar-refractivity contribution in [3.05, 3.63) is 52.8 Å². The van der Waals surface area contributed by atoms with Crippen LogP contribution in [0.1, 0.15) is 0 Å². The zero-order valence-corrected chi connectivity index (χ0v) is 10.9. The van der Waals surface area contributed by atoms with Gasteiger partial charge in [0.05, 0.1) is 11.4 Å². The minimum Gasteiger partial charge on any atom is -0.399 e. The van der Waals surface area contributed by atoms with Crippen LogP contribution in [0.15, 0.2) is 46.9 Å². The topological polar surface area (TPSA) is 29.3 Å². The lowest BCUT2D eigenvalue weighted by Gasteiger charge is -2.21. The van der Waals surface area contributed by atoms with Gasteiger partial charge in [0.15, 0.2) is 0 Å². The van der Waals surface area contributed by atoms with Crippen LogP contribution in [0.4, 0.5) is 21.5 Å². The number of para-hydroxylation sites is 1. The van der Waals surface area contributed by atoms with Gasteiger partial charge in [-0.2, -0.15) is 0 Å². The normalized spacial score (nSPS) is 10.3. The summed E-state index contributed by atoms with van der Waals surface area (Å²) in [6.07, 6.45) is 0. The molecule has 0 aliphatic carbocycles. The lowest BCUT2D eigenvalue weighted by atomic mass is 10.2. The summed E-state index contributed by atoms with van der Waals surface area (Å²) in [7, 11) is 1.81. The third kappa shape index (κ3) is 2.42. The van der Waals surface area contributed by atoms with Crippen LogP contribution >= 0.6 is 15.9 Å². The first-order valence-electron chi connectivity index (χ1n) is 5.13. The molecule has 0 fully saturated rings. The molecule has 2 rings (SSSR count). The van der Waals surface area contributed by atoms with Crippen molar-refractivity contribution in [2.24, 2.45) is 0 Å². The van der Waals surface area contributed by atoms with E-state index in [1.54, 1.807) is 35.2 Å². The van der Waals surface area contributed by atoms with E-state index in [1.165, 1.54) is 6.07 Å². The summed E-state index contributed by atoms with van der Waals surface area (Å²) in [5, 5.41) is 0. The van der Waals surface area contributed by atoms with Crippen molar-refractivity contribution in [2.45, 2.75) is 0 Å². The summed E-state index contributed by atoms with van der Waals surface area (Å²) in [5.41, 5.74) is 7.73. The zero-order valence-electron chi connectivity index (χ0n) is 9.32. The largest absolute Gasteiger partial charge is 0.399 e. The zero-order chi connectivity index (χ0) is 12.4. The second kappa shape index (κ2) is 4.75. The van der Waals surface area contributed by atoms with E-state index in [1.807, 2.05) is 13.1 Å². The van der Waals surface area contributed by atoms with Crippen molar-refractivity contribution in [1.82, 2.24) is 0 Å². The summed E-state index contributed by atoms with van der Waals surface area (Å²) < 4.78 is 14.5. The molecule has 0 unspecified atom stereocenters. The molecular weight excluding hydrogens is 283 g/mol. The molecule has 0 bridgehead atoms. The minimum atomic E-state index is -0.251. The van der Waals surface area contributed by atoms with Crippen LogP contribution in [0.2, 0.25) is 0 Å². The number of nitrogens with zero attached hydrogens (tertiary/aromatic N) is 1. The minimum absolute atomic E-state index is 0.251. The molecule has 0 aliphatic rings. The Hall–Kier alpha value is -1.55. The maximum absolute atomic E-state index is 13.7. The Morgan fingerprint density at radius 1 is 1.12 bits per heavy atom. The van der Waals surface area contributed by atoms with Crippen molar-refractivity contribution < 1.29 is 4.39 Å².